The molecule has 0 fully saturated rings. The molecular weight excluding hydrogens is 405 g/mol. The van der Waals surface area contributed by atoms with Gasteiger partial charge in [0.05, 0.1) is 12.7 Å². The molecule has 0 aliphatic carbocycles. The van der Waals surface area contributed by atoms with Crippen LogP contribution in [0.5, 0.6) is 0 Å². The number of methoxy groups -OCH3 is 1. The zero-order valence-electron chi connectivity index (χ0n) is 17.0. The molecule has 0 radical (unpaired) electrons. The van der Waals surface area contributed by atoms with Gasteiger partial charge >= 0.3 is 57.4 Å². The van der Waals surface area contributed by atoms with Gasteiger partial charge in [-0.15, -0.1) is 6.61 Å². The van der Waals surface area contributed by atoms with E-state index in [1.54, 1.807) is 48.5 Å². The van der Waals surface area contributed by atoms with Crippen LogP contribution in [-0.4, -0.2) is 19.0 Å². The van der Waals surface area contributed by atoms with E-state index in [2.05, 4.69) is 11.9 Å². The second kappa shape index (κ2) is 11.4. The molecule has 30 heavy (non-hydrogen) atoms. The van der Waals surface area contributed by atoms with Gasteiger partial charge in [-0.3, -0.25) is 4.79 Å². The molecule has 0 atom stereocenters. The van der Waals surface area contributed by atoms with Crippen LogP contribution in [0.1, 0.15) is 37.4 Å². The Balaban J connectivity index is 0.00000320. The van der Waals surface area contributed by atoms with Crippen LogP contribution in [0.3, 0.4) is 0 Å². The van der Waals surface area contributed by atoms with Crippen LogP contribution in [0.25, 0.3) is 5.57 Å². The van der Waals surface area contributed by atoms with E-state index in [0.717, 1.165) is 16.7 Å². The van der Waals surface area contributed by atoms with Crippen LogP contribution in [0, 0.1) is 0 Å². The fraction of sp³-hybridized carbons (Fsp3) is 0.0833. The Morgan fingerprint density at radius 2 is 1.43 bits per heavy atom. The Morgan fingerprint density at radius 3 is 2.00 bits per heavy atom. The molecule has 3 rings (SSSR count). The van der Waals surface area contributed by atoms with Gasteiger partial charge in [-0.05, 0) is 47.0 Å². The number of esters is 1. The first-order valence-electron chi connectivity index (χ1n) is 8.99. The quantitative estimate of drug-likeness (QED) is 0.465. The number of hydrogen-bond acceptors (Lipinski definition) is 4. The number of carbonyl (C=O) groups excluding carboxylic acids is 2. The predicted octanol–water partition coefficient (Wildman–Crippen LogP) is 0.651. The number of rotatable bonds is 6. The van der Waals surface area contributed by atoms with Crippen LogP contribution in [-0.2, 0) is 11.3 Å². The number of carbonyl (C=O) groups is 2. The molecule has 0 aromatic heterocycles. The molecular formula is C24H20KNO4. The molecule has 5 nitrogen and oxygen atoms in total. The molecule has 0 unspecified atom stereocenters. The average Bonchev–Trinajstić information content (AvgIpc) is 2.78. The van der Waals surface area contributed by atoms with Crippen molar-refractivity contribution in [1.82, 2.24) is 0 Å². The fourth-order valence-corrected chi connectivity index (χ4v) is 2.91. The van der Waals surface area contributed by atoms with Crippen LogP contribution in [0.4, 0.5) is 5.69 Å². The molecule has 0 bridgehead atoms. The molecule has 1 N–H and O–H groups in total. The first-order valence-corrected chi connectivity index (χ1v) is 8.99. The third-order valence-corrected chi connectivity index (χ3v) is 4.56. The summed E-state index contributed by atoms with van der Waals surface area (Å²) >= 11 is 0. The third-order valence-electron chi connectivity index (χ3n) is 4.56. The van der Waals surface area contributed by atoms with Crippen molar-refractivity contribution in [3.05, 3.63) is 107 Å². The Hall–Kier alpha value is -2.06. The minimum atomic E-state index is -0.447. The summed E-state index contributed by atoms with van der Waals surface area (Å²) in [5, 5.41) is 14.0. The first kappa shape index (κ1) is 24.2. The summed E-state index contributed by atoms with van der Waals surface area (Å²) in [5.74, 6) is -0.706. The van der Waals surface area contributed by atoms with Crippen LogP contribution >= 0.6 is 0 Å². The number of ether oxygens (including phenoxy) is 1. The minimum Gasteiger partial charge on any atom is -0.851 e. The van der Waals surface area contributed by atoms with E-state index in [1.807, 2.05) is 24.3 Å². The SMILES string of the molecule is C=C(c1ccc(NC(=O)c2ccccc2C[O-])cc1)c1ccc(C(=O)OC)cc1.[K+]. The number of nitrogens with one attached hydrogen (secondary N) is 1. The van der Waals surface area contributed by atoms with E-state index in [1.165, 1.54) is 7.11 Å². The fourth-order valence-electron chi connectivity index (χ4n) is 2.91. The number of hydrogen-bond donors (Lipinski definition) is 1. The maximum absolute atomic E-state index is 12.4. The minimum absolute atomic E-state index is 0. The second-order valence-corrected chi connectivity index (χ2v) is 6.38. The van der Waals surface area contributed by atoms with Crippen molar-refractivity contribution in [3.63, 3.8) is 0 Å². The number of amides is 1. The van der Waals surface area contributed by atoms with E-state index in [9.17, 15) is 14.7 Å². The molecule has 0 aliphatic heterocycles. The summed E-state index contributed by atoms with van der Waals surface area (Å²) < 4.78 is 4.70. The molecule has 3 aromatic carbocycles. The van der Waals surface area contributed by atoms with Gasteiger partial charge in [0.1, 0.15) is 0 Å². The van der Waals surface area contributed by atoms with Gasteiger partial charge in [-0.1, -0.05) is 54.6 Å². The second-order valence-electron chi connectivity index (χ2n) is 6.38. The molecule has 0 spiro atoms. The molecule has 3 aromatic rings. The van der Waals surface area contributed by atoms with Gasteiger partial charge in [0.15, 0.2) is 0 Å². The number of benzene rings is 3. The van der Waals surface area contributed by atoms with Gasteiger partial charge in [0.25, 0.3) is 5.91 Å². The largest absolute Gasteiger partial charge is 1.00 e. The Morgan fingerprint density at radius 1 is 0.900 bits per heavy atom. The zero-order chi connectivity index (χ0) is 20.8. The van der Waals surface area contributed by atoms with Crippen molar-refractivity contribution in [1.29, 1.82) is 0 Å². The Kier molecular flexibility index (Phi) is 9.17. The monoisotopic (exact) mass is 425 g/mol. The predicted molar refractivity (Wildman–Crippen MR) is 110 cm³/mol. The van der Waals surface area contributed by atoms with Crippen molar-refractivity contribution in [2.24, 2.45) is 0 Å². The molecule has 0 saturated carbocycles. The standard InChI is InChI=1S/C24H20NO4.K/c1-16(17-7-9-19(10-8-17)24(28)29-2)18-11-13-21(14-12-18)25-23(27)22-6-4-3-5-20(22)15-26;/h3-14H,1,15H2,2H3,(H,25,27);/q-1;+1. The topological polar surface area (TPSA) is 78.5 Å². The molecule has 0 saturated heterocycles. The van der Waals surface area contributed by atoms with E-state index in [4.69, 9.17) is 4.74 Å². The van der Waals surface area contributed by atoms with Gasteiger partial charge < -0.3 is 15.2 Å². The van der Waals surface area contributed by atoms with Crippen molar-refractivity contribution in [3.8, 4) is 0 Å². The van der Waals surface area contributed by atoms with Crippen LogP contribution < -0.4 is 61.8 Å². The maximum atomic E-state index is 12.4. The van der Waals surface area contributed by atoms with Crippen molar-refractivity contribution in [2.75, 3.05) is 12.4 Å². The van der Waals surface area contributed by atoms with E-state index in [-0.39, 0.29) is 63.3 Å². The van der Waals surface area contributed by atoms with E-state index >= 15 is 0 Å². The molecule has 0 aliphatic rings. The summed E-state index contributed by atoms with van der Waals surface area (Å²) in [5.41, 5.74) is 4.48. The third kappa shape index (κ3) is 5.76. The van der Waals surface area contributed by atoms with Gasteiger partial charge in [-0.25, -0.2) is 4.79 Å². The van der Waals surface area contributed by atoms with E-state index in [0.29, 0.717) is 22.4 Å². The Bertz CT molecular complexity index is 1040. The summed E-state index contributed by atoms with van der Waals surface area (Å²) in [6.07, 6.45) is 0. The molecule has 1 amide bonds. The summed E-state index contributed by atoms with van der Waals surface area (Å²) in [7, 11) is 1.34. The summed E-state index contributed by atoms with van der Waals surface area (Å²) in [4.78, 5) is 24.0. The smallest absolute Gasteiger partial charge is 0.851 e. The molecule has 6 heteroatoms. The van der Waals surface area contributed by atoms with Crippen molar-refractivity contribution >= 4 is 23.1 Å². The molecule has 146 valence electrons. The maximum Gasteiger partial charge on any atom is 1.00 e. The van der Waals surface area contributed by atoms with Gasteiger partial charge in [0.2, 0.25) is 0 Å². The van der Waals surface area contributed by atoms with Crippen LogP contribution in [0.15, 0.2) is 79.4 Å². The molecule has 0 heterocycles. The normalized spacial score (nSPS) is 9.93. The summed E-state index contributed by atoms with van der Waals surface area (Å²) in [6, 6.07) is 21.0. The van der Waals surface area contributed by atoms with Gasteiger partial charge in [0, 0.05) is 11.3 Å². The van der Waals surface area contributed by atoms with Crippen LogP contribution in [0.2, 0.25) is 0 Å². The number of anilines is 1. The van der Waals surface area contributed by atoms with E-state index < -0.39 is 6.61 Å². The average molecular weight is 426 g/mol. The van der Waals surface area contributed by atoms with Crippen molar-refractivity contribution < 1.29 is 70.8 Å². The zero-order valence-corrected chi connectivity index (χ0v) is 20.1. The van der Waals surface area contributed by atoms with Gasteiger partial charge in [-0.2, -0.15) is 0 Å². The summed E-state index contributed by atoms with van der Waals surface area (Å²) in [6.45, 7) is 3.67. The Labute approximate surface area is 218 Å². The first-order chi connectivity index (χ1) is 14.0. The van der Waals surface area contributed by atoms with Crippen molar-refractivity contribution in [2.45, 2.75) is 6.61 Å².